The maximum atomic E-state index is 12.5. The number of amides is 1. The smallest absolute Gasteiger partial charge is 0.262 e. The molecule has 2 aliphatic rings. The minimum Gasteiger partial charge on any atom is -0.491 e. The van der Waals surface area contributed by atoms with E-state index in [1.165, 1.54) is 38.8 Å². The number of aromatic nitrogens is 1. The van der Waals surface area contributed by atoms with Gasteiger partial charge in [0.05, 0.1) is 11.6 Å². The fourth-order valence-corrected chi connectivity index (χ4v) is 5.42. The van der Waals surface area contributed by atoms with Crippen LogP contribution in [-0.4, -0.2) is 60.7 Å². The highest BCUT2D eigenvalue weighted by atomic mass is 16.5. The second kappa shape index (κ2) is 11.4. The van der Waals surface area contributed by atoms with E-state index in [1.807, 2.05) is 56.3 Å². The number of aryl methyl sites for hydroxylation is 1. The van der Waals surface area contributed by atoms with Gasteiger partial charge in [0.15, 0.2) is 6.61 Å². The van der Waals surface area contributed by atoms with Crippen molar-refractivity contribution in [3.8, 4) is 11.5 Å². The van der Waals surface area contributed by atoms with Gasteiger partial charge in [-0.05, 0) is 114 Å². The number of ether oxygens (including phenoxy) is 2. The molecule has 0 spiro atoms. The fraction of sp³-hybridized carbons (Fsp3) is 0.467. The number of rotatable bonds is 8. The highest BCUT2D eigenvalue weighted by Crippen LogP contribution is 2.28. The summed E-state index contributed by atoms with van der Waals surface area (Å²) in [4.78, 5) is 22.6. The second-order valence-corrected chi connectivity index (χ2v) is 10.5. The number of hydrogen-bond donors (Lipinski definition) is 1. The minimum atomic E-state index is -0.204. The molecule has 0 unspecified atom stereocenters. The average molecular weight is 503 g/mol. The zero-order valence-electron chi connectivity index (χ0n) is 22.2. The maximum Gasteiger partial charge on any atom is 0.262 e. The van der Waals surface area contributed by atoms with Crippen LogP contribution in [0.15, 0.2) is 48.5 Å². The van der Waals surface area contributed by atoms with Crippen molar-refractivity contribution < 1.29 is 14.3 Å². The fourth-order valence-electron chi connectivity index (χ4n) is 5.42. The van der Waals surface area contributed by atoms with Crippen LogP contribution in [0.3, 0.4) is 0 Å². The van der Waals surface area contributed by atoms with Crippen molar-refractivity contribution in [1.82, 2.24) is 9.88 Å². The quantitative estimate of drug-likeness (QED) is 0.444. The van der Waals surface area contributed by atoms with Crippen molar-refractivity contribution in [3.05, 3.63) is 54.1 Å². The monoisotopic (exact) mass is 502 g/mol. The Kier molecular flexibility index (Phi) is 7.79. The number of nitrogens with zero attached hydrogens (tertiary/aromatic N) is 3. The molecule has 1 aromatic heterocycles. The predicted molar refractivity (Wildman–Crippen MR) is 149 cm³/mol. The molecule has 0 aliphatic carbocycles. The van der Waals surface area contributed by atoms with E-state index < -0.39 is 0 Å². The molecule has 1 amide bonds. The van der Waals surface area contributed by atoms with E-state index >= 15 is 0 Å². The molecule has 2 aliphatic heterocycles. The summed E-state index contributed by atoms with van der Waals surface area (Å²) in [5.41, 5.74) is 2.86. The zero-order valence-corrected chi connectivity index (χ0v) is 22.2. The van der Waals surface area contributed by atoms with Crippen LogP contribution < -0.4 is 19.7 Å². The van der Waals surface area contributed by atoms with Gasteiger partial charge in [0.2, 0.25) is 0 Å². The van der Waals surface area contributed by atoms with E-state index in [-0.39, 0.29) is 18.6 Å². The molecule has 0 saturated carbocycles. The zero-order chi connectivity index (χ0) is 25.8. The Morgan fingerprint density at radius 3 is 2.41 bits per heavy atom. The first kappa shape index (κ1) is 25.3. The average Bonchev–Trinajstić information content (AvgIpc) is 3.43. The van der Waals surface area contributed by atoms with Crippen LogP contribution in [0.1, 0.15) is 45.1 Å². The third kappa shape index (κ3) is 6.34. The lowest BCUT2D eigenvalue weighted by molar-refractivity contribution is -0.118. The van der Waals surface area contributed by atoms with Gasteiger partial charge in [-0.15, -0.1) is 0 Å². The topological polar surface area (TPSA) is 66.9 Å². The Hall–Kier alpha value is -3.32. The molecule has 7 nitrogen and oxygen atoms in total. The lowest BCUT2D eigenvalue weighted by Crippen LogP contribution is -2.44. The Balaban J connectivity index is 1.17. The number of benzene rings is 2. The standard InChI is InChI=1S/C30H38N4O3/c1-21(2)37-26-9-7-25(8-10-26)36-20-30(35)31-23-6-11-28-27(19-23)22(3)18-29(32-28)34-16-12-24(13-17-34)33-14-4-5-15-33/h6-11,18-19,21,24H,4-5,12-17,20H2,1-3H3,(H,31,35). The number of nitrogens with one attached hydrogen (secondary N) is 1. The van der Waals surface area contributed by atoms with Crippen molar-refractivity contribution in [3.63, 3.8) is 0 Å². The predicted octanol–water partition coefficient (Wildman–Crippen LogP) is 5.41. The largest absolute Gasteiger partial charge is 0.491 e. The number of hydrogen-bond acceptors (Lipinski definition) is 6. The number of piperidine rings is 1. The van der Waals surface area contributed by atoms with E-state index in [4.69, 9.17) is 14.5 Å². The van der Waals surface area contributed by atoms with Crippen molar-refractivity contribution >= 4 is 28.3 Å². The Bertz CT molecular complexity index is 1210. The molecule has 0 radical (unpaired) electrons. The van der Waals surface area contributed by atoms with Crippen LogP contribution in [-0.2, 0) is 4.79 Å². The number of pyridine rings is 1. The highest BCUT2D eigenvalue weighted by Gasteiger charge is 2.27. The number of carbonyl (C=O) groups excluding carboxylic acids is 1. The van der Waals surface area contributed by atoms with E-state index in [0.717, 1.165) is 52.9 Å². The van der Waals surface area contributed by atoms with Crippen molar-refractivity contribution in [1.29, 1.82) is 0 Å². The Morgan fingerprint density at radius 1 is 1.00 bits per heavy atom. The summed E-state index contributed by atoms with van der Waals surface area (Å²) in [5, 5.41) is 4.00. The summed E-state index contributed by atoms with van der Waals surface area (Å²) in [5.74, 6) is 2.26. The Morgan fingerprint density at radius 2 is 1.70 bits per heavy atom. The summed E-state index contributed by atoms with van der Waals surface area (Å²) < 4.78 is 11.3. The van der Waals surface area contributed by atoms with Gasteiger partial charge in [0.1, 0.15) is 17.3 Å². The van der Waals surface area contributed by atoms with Crippen LogP contribution in [0.4, 0.5) is 11.5 Å². The first-order valence-corrected chi connectivity index (χ1v) is 13.5. The first-order valence-electron chi connectivity index (χ1n) is 13.5. The maximum absolute atomic E-state index is 12.5. The molecule has 196 valence electrons. The van der Waals surface area contributed by atoms with E-state index in [2.05, 4.69) is 28.1 Å². The third-order valence-electron chi connectivity index (χ3n) is 7.30. The van der Waals surface area contributed by atoms with E-state index in [0.29, 0.717) is 5.75 Å². The van der Waals surface area contributed by atoms with Gasteiger partial charge in [0, 0.05) is 30.2 Å². The number of likely N-dealkylation sites (tertiary alicyclic amines) is 1. The van der Waals surface area contributed by atoms with Gasteiger partial charge in [0.25, 0.3) is 5.91 Å². The molecule has 2 fully saturated rings. The van der Waals surface area contributed by atoms with Crippen molar-refractivity contribution in [2.75, 3.05) is 43.0 Å². The molecule has 2 aromatic carbocycles. The van der Waals surface area contributed by atoms with Crippen LogP contribution in [0.25, 0.3) is 10.9 Å². The molecular weight excluding hydrogens is 464 g/mol. The summed E-state index contributed by atoms with van der Waals surface area (Å²) >= 11 is 0. The summed E-state index contributed by atoms with van der Waals surface area (Å²) in [7, 11) is 0. The minimum absolute atomic E-state index is 0.0635. The van der Waals surface area contributed by atoms with E-state index in [9.17, 15) is 4.79 Å². The van der Waals surface area contributed by atoms with Crippen LogP contribution in [0.5, 0.6) is 11.5 Å². The van der Waals surface area contributed by atoms with Gasteiger partial charge in [-0.3, -0.25) is 4.79 Å². The number of fused-ring (bicyclic) bond motifs is 1. The molecule has 37 heavy (non-hydrogen) atoms. The number of anilines is 2. The summed E-state index contributed by atoms with van der Waals surface area (Å²) in [6.45, 7) is 10.7. The second-order valence-electron chi connectivity index (χ2n) is 10.5. The van der Waals surface area contributed by atoms with Gasteiger partial charge < -0.3 is 24.6 Å². The molecule has 3 aromatic rings. The molecule has 0 atom stereocenters. The molecule has 3 heterocycles. The molecule has 7 heteroatoms. The molecule has 5 rings (SSSR count). The van der Waals surface area contributed by atoms with Crippen LogP contribution in [0.2, 0.25) is 0 Å². The number of carbonyl (C=O) groups is 1. The van der Waals surface area contributed by atoms with Crippen molar-refractivity contribution in [2.24, 2.45) is 0 Å². The van der Waals surface area contributed by atoms with E-state index in [1.54, 1.807) is 0 Å². The van der Waals surface area contributed by atoms with Crippen LogP contribution >= 0.6 is 0 Å². The van der Waals surface area contributed by atoms with Gasteiger partial charge in [-0.2, -0.15) is 0 Å². The normalized spacial score (nSPS) is 16.9. The lowest BCUT2D eigenvalue weighted by Gasteiger charge is -2.37. The van der Waals surface area contributed by atoms with Gasteiger partial charge >= 0.3 is 0 Å². The van der Waals surface area contributed by atoms with Gasteiger partial charge in [-0.1, -0.05) is 0 Å². The summed E-state index contributed by atoms with van der Waals surface area (Å²) in [6.07, 6.45) is 5.23. The van der Waals surface area contributed by atoms with Gasteiger partial charge in [-0.25, -0.2) is 4.98 Å². The lowest BCUT2D eigenvalue weighted by atomic mass is 10.0. The third-order valence-corrected chi connectivity index (χ3v) is 7.30. The van der Waals surface area contributed by atoms with Crippen LogP contribution in [0, 0.1) is 6.92 Å². The summed E-state index contributed by atoms with van der Waals surface area (Å²) in [6, 6.07) is 16.1. The Labute approximate surface area is 219 Å². The molecule has 0 bridgehead atoms. The SMILES string of the molecule is Cc1cc(N2CCC(N3CCCC3)CC2)nc2ccc(NC(=O)COc3ccc(OC(C)C)cc3)cc12. The molecular formula is C30H38N4O3. The molecule has 2 saturated heterocycles. The first-order chi connectivity index (χ1) is 17.9. The molecule has 1 N–H and O–H groups in total. The highest BCUT2D eigenvalue weighted by molar-refractivity contribution is 5.95. The van der Waals surface area contributed by atoms with Crippen molar-refractivity contribution in [2.45, 2.75) is 58.6 Å².